The molecule has 0 aromatic heterocycles. The molecule has 15 heavy (non-hydrogen) atoms. The smallest absolute Gasteiger partial charge is 0.0920 e. The van der Waals surface area contributed by atoms with E-state index in [1.54, 1.807) is 0 Å². The Hall–Kier alpha value is -0.160. The van der Waals surface area contributed by atoms with Crippen LogP contribution in [-0.2, 0) is 9.57 Å². The maximum atomic E-state index is 9.48. The molecule has 4 heteroatoms. The molecule has 0 aromatic rings. The lowest BCUT2D eigenvalue weighted by molar-refractivity contribution is -0.0894. The monoisotopic (exact) mass is 219 g/mol. The molecule has 0 heterocycles. The molecule has 0 fully saturated rings. The van der Waals surface area contributed by atoms with Gasteiger partial charge in [0, 0.05) is 13.2 Å². The van der Waals surface area contributed by atoms with Crippen molar-refractivity contribution in [3.05, 3.63) is 0 Å². The van der Waals surface area contributed by atoms with Crippen LogP contribution in [0, 0.1) is 0 Å². The van der Waals surface area contributed by atoms with Crippen LogP contribution in [0.2, 0.25) is 0 Å². The second-order valence-electron chi connectivity index (χ2n) is 4.65. The molecule has 0 aliphatic rings. The lowest BCUT2D eigenvalue weighted by Gasteiger charge is -2.20. The van der Waals surface area contributed by atoms with Crippen molar-refractivity contribution < 1.29 is 14.7 Å². The van der Waals surface area contributed by atoms with E-state index in [9.17, 15) is 5.11 Å². The van der Waals surface area contributed by atoms with Crippen LogP contribution in [0.4, 0.5) is 0 Å². The van der Waals surface area contributed by atoms with Crippen LogP contribution in [0.25, 0.3) is 0 Å². The third kappa shape index (κ3) is 11.8. The van der Waals surface area contributed by atoms with Gasteiger partial charge in [-0.1, -0.05) is 13.3 Å². The lowest BCUT2D eigenvalue weighted by atomic mass is 10.2. The molecule has 2 N–H and O–H groups in total. The first-order valence-corrected chi connectivity index (χ1v) is 5.62. The van der Waals surface area contributed by atoms with Crippen molar-refractivity contribution in [2.24, 2.45) is 0 Å². The van der Waals surface area contributed by atoms with Gasteiger partial charge in [-0.3, -0.25) is 4.84 Å². The third-order valence-corrected chi connectivity index (χ3v) is 1.65. The van der Waals surface area contributed by atoms with Gasteiger partial charge in [0.25, 0.3) is 0 Å². The molecule has 0 saturated carbocycles. The van der Waals surface area contributed by atoms with Crippen molar-refractivity contribution in [3.63, 3.8) is 0 Å². The molecule has 0 spiro atoms. The van der Waals surface area contributed by atoms with Gasteiger partial charge in [0.05, 0.1) is 18.3 Å². The van der Waals surface area contributed by atoms with Crippen molar-refractivity contribution in [3.8, 4) is 0 Å². The molecule has 1 unspecified atom stereocenters. The molecule has 0 radical (unpaired) electrons. The van der Waals surface area contributed by atoms with Crippen LogP contribution in [0.15, 0.2) is 0 Å². The summed E-state index contributed by atoms with van der Waals surface area (Å²) in [6.07, 6.45) is 1.64. The number of hydroxylamine groups is 1. The molecule has 0 aliphatic carbocycles. The fourth-order valence-corrected chi connectivity index (χ4v) is 0.879. The van der Waals surface area contributed by atoms with E-state index in [1.807, 2.05) is 20.8 Å². The molecular weight excluding hydrogens is 194 g/mol. The maximum absolute atomic E-state index is 9.48. The Balaban J connectivity index is 3.29. The molecule has 0 aliphatic heterocycles. The number of hydrogen-bond donors (Lipinski definition) is 2. The largest absolute Gasteiger partial charge is 0.389 e. The minimum atomic E-state index is -0.510. The molecule has 0 rings (SSSR count). The van der Waals surface area contributed by atoms with Crippen LogP contribution in [0.5, 0.6) is 0 Å². The highest BCUT2D eigenvalue weighted by atomic mass is 16.7. The Morgan fingerprint density at radius 1 is 1.33 bits per heavy atom. The van der Waals surface area contributed by atoms with E-state index < -0.39 is 6.10 Å². The summed E-state index contributed by atoms with van der Waals surface area (Å²) in [5.41, 5.74) is 2.50. The van der Waals surface area contributed by atoms with E-state index >= 15 is 0 Å². The van der Waals surface area contributed by atoms with Gasteiger partial charge >= 0.3 is 0 Å². The van der Waals surface area contributed by atoms with Gasteiger partial charge < -0.3 is 9.84 Å². The Morgan fingerprint density at radius 2 is 2.00 bits per heavy atom. The van der Waals surface area contributed by atoms with Crippen LogP contribution in [0.1, 0.15) is 40.5 Å². The molecular formula is C11H25NO3. The van der Waals surface area contributed by atoms with Crippen LogP contribution in [-0.4, -0.2) is 36.6 Å². The average molecular weight is 219 g/mol. The highest BCUT2D eigenvalue weighted by molar-refractivity contribution is 4.59. The number of hydrogen-bond acceptors (Lipinski definition) is 4. The van der Waals surface area contributed by atoms with Crippen molar-refractivity contribution in [2.75, 3.05) is 19.8 Å². The van der Waals surface area contributed by atoms with E-state index in [1.165, 1.54) is 0 Å². The highest BCUT2D eigenvalue weighted by Gasteiger charge is 2.11. The summed E-state index contributed by atoms with van der Waals surface area (Å²) in [6.45, 7) is 9.43. The average Bonchev–Trinajstić information content (AvgIpc) is 2.10. The second-order valence-corrected chi connectivity index (χ2v) is 4.65. The molecule has 0 aromatic carbocycles. The first-order valence-electron chi connectivity index (χ1n) is 5.62. The number of nitrogens with one attached hydrogen (secondary N) is 1. The second kappa shape index (κ2) is 8.05. The molecule has 0 bridgehead atoms. The van der Waals surface area contributed by atoms with Gasteiger partial charge in [-0.2, -0.15) is 5.48 Å². The minimum Gasteiger partial charge on any atom is -0.389 e. The van der Waals surface area contributed by atoms with Crippen molar-refractivity contribution in [1.29, 1.82) is 0 Å². The zero-order valence-electron chi connectivity index (χ0n) is 10.4. The van der Waals surface area contributed by atoms with E-state index in [2.05, 4.69) is 12.4 Å². The predicted molar refractivity (Wildman–Crippen MR) is 60.6 cm³/mol. The summed E-state index contributed by atoms with van der Waals surface area (Å²) in [6, 6.07) is 0. The summed E-state index contributed by atoms with van der Waals surface area (Å²) in [5, 5.41) is 9.48. The van der Waals surface area contributed by atoms with Crippen molar-refractivity contribution in [2.45, 2.75) is 52.2 Å². The van der Waals surface area contributed by atoms with Gasteiger partial charge in [-0.15, -0.1) is 0 Å². The van der Waals surface area contributed by atoms with Gasteiger partial charge in [-0.05, 0) is 27.2 Å². The lowest BCUT2D eigenvalue weighted by Crippen LogP contribution is -2.36. The van der Waals surface area contributed by atoms with E-state index in [0.717, 1.165) is 12.8 Å². The summed E-state index contributed by atoms with van der Waals surface area (Å²) < 4.78 is 5.27. The molecule has 92 valence electrons. The zero-order chi connectivity index (χ0) is 11.7. The first kappa shape index (κ1) is 14.8. The Labute approximate surface area is 92.9 Å². The standard InChI is InChI=1S/C11H25NO3/c1-5-6-7-14-9-10(13)8-12-15-11(2,3)4/h10,12-13H,5-9H2,1-4H3. The summed E-state index contributed by atoms with van der Waals surface area (Å²) in [7, 11) is 0. The topological polar surface area (TPSA) is 50.7 Å². The van der Waals surface area contributed by atoms with E-state index in [0.29, 0.717) is 19.8 Å². The van der Waals surface area contributed by atoms with Gasteiger partial charge in [0.15, 0.2) is 0 Å². The predicted octanol–water partition coefficient (Wildman–Crippen LogP) is 1.48. The quantitative estimate of drug-likeness (QED) is 0.479. The summed E-state index contributed by atoms with van der Waals surface area (Å²) in [4.78, 5) is 5.26. The minimum absolute atomic E-state index is 0.233. The Kier molecular flexibility index (Phi) is 7.96. The van der Waals surface area contributed by atoms with E-state index in [4.69, 9.17) is 9.57 Å². The number of aliphatic hydroxyl groups excluding tert-OH is 1. The van der Waals surface area contributed by atoms with Crippen LogP contribution < -0.4 is 5.48 Å². The third-order valence-electron chi connectivity index (χ3n) is 1.65. The molecule has 1 atom stereocenters. The summed E-state index contributed by atoms with van der Waals surface area (Å²) in [5.74, 6) is 0. The fraction of sp³-hybridized carbons (Fsp3) is 1.00. The Bertz CT molecular complexity index is 145. The highest BCUT2D eigenvalue weighted by Crippen LogP contribution is 2.03. The first-order chi connectivity index (χ1) is 6.95. The van der Waals surface area contributed by atoms with Crippen LogP contribution in [0.3, 0.4) is 0 Å². The van der Waals surface area contributed by atoms with Crippen molar-refractivity contribution >= 4 is 0 Å². The summed E-state index contributed by atoms with van der Waals surface area (Å²) >= 11 is 0. The molecule has 0 amide bonds. The zero-order valence-corrected chi connectivity index (χ0v) is 10.4. The molecule has 4 nitrogen and oxygen atoms in total. The van der Waals surface area contributed by atoms with Gasteiger partial charge in [0.1, 0.15) is 0 Å². The SMILES string of the molecule is CCCCOCC(O)CNOC(C)(C)C. The number of rotatable bonds is 8. The maximum Gasteiger partial charge on any atom is 0.0920 e. The Morgan fingerprint density at radius 3 is 2.53 bits per heavy atom. The number of unbranched alkanes of at least 4 members (excludes halogenated alkanes) is 1. The van der Waals surface area contributed by atoms with Gasteiger partial charge in [0.2, 0.25) is 0 Å². The number of ether oxygens (including phenoxy) is 1. The number of aliphatic hydroxyl groups is 1. The van der Waals surface area contributed by atoms with Crippen LogP contribution >= 0.6 is 0 Å². The van der Waals surface area contributed by atoms with E-state index in [-0.39, 0.29) is 5.60 Å². The fourth-order valence-electron chi connectivity index (χ4n) is 0.879. The van der Waals surface area contributed by atoms with Crippen molar-refractivity contribution in [1.82, 2.24) is 5.48 Å². The molecule has 0 saturated heterocycles. The van der Waals surface area contributed by atoms with Gasteiger partial charge in [-0.25, -0.2) is 0 Å². The normalized spacial score (nSPS) is 14.2.